The Kier molecular flexibility index (Phi) is 7.26. The van der Waals surface area contributed by atoms with Gasteiger partial charge in [-0.1, -0.05) is 19.9 Å². The van der Waals surface area contributed by atoms with E-state index in [4.69, 9.17) is 10.2 Å². The molecule has 198 valence electrons. The van der Waals surface area contributed by atoms with Gasteiger partial charge in [-0.3, -0.25) is 0 Å². The molecule has 0 saturated heterocycles. The third-order valence-electron chi connectivity index (χ3n) is 6.65. The number of carbonyl (C=O) groups is 1. The zero-order valence-corrected chi connectivity index (χ0v) is 22.4. The Bertz CT molecular complexity index is 1560. The van der Waals surface area contributed by atoms with E-state index in [1.165, 1.54) is 34.9 Å². The van der Waals surface area contributed by atoms with Crippen LogP contribution in [0.5, 0.6) is 0 Å². The van der Waals surface area contributed by atoms with Gasteiger partial charge in [-0.25, -0.2) is 32.6 Å². The zero-order chi connectivity index (χ0) is 27.1. The molecule has 1 aliphatic rings. The predicted molar refractivity (Wildman–Crippen MR) is 142 cm³/mol. The molecule has 0 amide bonds. The summed E-state index contributed by atoms with van der Waals surface area (Å²) in [7, 11) is -1.95. The fourth-order valence-corrected chi connectivity index (χ4v) is 5.71. The van der Waals surface area contributed by atoms with Crippen molar-refractivity contribution in [1.29, 1.82) is 0 Å². The number of benzene rings is 2. The number of halogens is 2. The molecule has 1 unspecified atom stereocenters. The van der Waals surface area contributed by atoms with Gasteiger partial charge in [0, 0.05) is 22.9 Å². The predicted octanol–water partition coefficient (Wildman–Crippen LogP) is 5.62. The summed E-state index contributed by atoms with van der Waals surface area (Å²) < 4.78 is 42.6. The first-order valence-electron chi connectivity index (χ1n) is 12.2. The topological polar surface area (TPSA) is 111 Å². The number of nitrogens with two attached hydrogens (primary N) is 1. The second-order valence-corrected chi connectivity index (χ2v) is 11.7. The molecular weight excluding hydrogens is 530 g/mol. The highest BCUT2D eigenvalue weighted by Gasteiger charge is 2.29. The second kappa shape index (κ2) is 10.5. The minimum Gasteiger partial charge on any atom is -0.476 e. The van der Waals surface area contributed by atoms with Gasteiger partial charge in [-0.15, -0.1) is 11.3 Å². The van der Waals surface area contributed by atoms with E-state index in [2.05, 4.69) is 4.98 Å². The van der Waals surface area contributed by atoms with E-state index in [0.717, 1.165) is 24.1 Å². The van der Waals surface area contributed by atoms with E-state index in [9.17, 15) is 22.9 Å². The molecule has 7 nitrogen and oxygen atoms in total. The number of carboxylic acid groups (broad SMARTS) is 1. The summed E-state index contributed by atoms with van der Waals surface area (Å²) in [5.41, 5.74) is 4.10. The van der Waals surface area contributed by atoms with E-state index < -0.39 is 22.8 Å². The van der Waals surface area contributed by atoms with Crippen LogP contribution in [-0.4, -0.2) is 30.0 Å². The third kappa shape index (κ3) is 5.31. The van der Waals surface area contributed by atoms with Crippen molar-refractivity contribution in [3.8, 4) is 16.4 Å². The van der Waals surface area contributed by atoms with Crippen molar-refractivity contribution in [2.45, 2.75) is 50.3 Å². The van der Waals surface area contributed by atoms with Crippen LogP contribution in [0.1, 0.15) is 65.5 Å². The Balaban J connectivity index is 1.70. The standard InChI is InChI=1S/C27H26F2N4O3S2/c1-14(2)18-12-17(6-7-20(18)28)25-19(9-16-5-8-24(38(30)36)21(29)10-16)23(11-15-3-4-15)33(32-25)27-31-22(13-37-27)26(34)35/h5-8,10,12-15H,3-4,9,11,30H2,1-2H3,(H,34,35). The molecule has 0 radical (unpaired) electrons. The van der Waals surface area contributed by atoms with Gasteiger partial charge in [-0.2, -0.15) is 5.10 Å². The van der Waals surface area contributed by atoms with Crippen LogP contribution in [0.25, 0.3) is 16.4 Å². The highest BCUT2D eigenvalue weighted by Crippen LogP contribution is 2.39. The number of carboxylic acids is 1. The normalized spacial score (nSPS) is 14.3. The molecule has 2 heterocycles. The number of aromatic carboxylic acids is 1. The summed E-state index contributed by atoms with van der Waals surface area (Å²) in [5.74, 6) is -1.69. The first-order chi connectivity index (χ1) is 18.1. The van der Waals surface area contributed by atoms with Crippen LogP contribution in [0, 0.1) is 17.6 Å². The Labute approximate surface area is 224 Å². The van der Waals surface area contributed by atoms with E-state index in [1.54, 1.807) is 22.9 Å². The number of hydrogen-bond donors (Lipinski definition) is 2. The van der Waals surface area contributed by atoms with Gasteiger partial charge in [0.25, 0.3) is 0 Å². The monoisotopic (exact) mass is 556 g/mol. The zero-order valence-electron chi connectivity index (χ0n) is 20.8. The lowest BCUT2D eigenvalue weighted by molar-refractivity contribution is 0.0691. The first kappa shape index (κ1) is 26.3. The molecule has 0 bridgehead atoms. The van der Waals surface area contributed by atoms with Crippen LogP contribution >= 0.6 is 11.3 Å². The lowest BCUT2D eigenvalue weighted by Crippen LogP contribution is -2.07. The van der Waals surface area contributed by atoms with Gasteiger partial charge in [0.2, 0.25) is 5.13 Å². The van der Waals surface area contributed by atoms with Crippen LogP contribution in [-0.2, 0) is 23.8 Å². The summed E-state index contributed by atoms with van der Waals surface area (Å²) in [5, 5.41) is 21.6. The van der Waals surface area contributed by atoms with Gasteiger partial charge >= 0.3 is 5.97 Å². The van der Waals surface area contributed by atoms with Gasteiger partial charge in [0.1, 0.15) is 22.6 Å². The van der Waals surface area contributed by atoms with Crippen molar-refractivity contribution < 1.29 is 22.9 Å². The van der Waals surface area contributed by atoms with Crippen LogP contribution in [0.3, 0.4) is 0 Å². The maximum Gasteiger partial charge on any atom is 0.355 e. The molecule has 1 saturated carbocycles. The second-order valence-electron chi connectivity index (χ2n) is 9.78. The van der Waals surface area contributed by atoms with Crippen molar-refractivity contribution in [3.63, 3.8) is 0 Å². The summed E-state index contributed by atoms with van der Waals surface area (Å²) in [4.78, 5) is 15.7. The molecule has 2 aromatic carbocycles. The Morgan fingerprint density at radius 2 is 1.97 bits per heavy atom. The fourth-order valence-electron chi connectivity index (χ4n) is 4.48. The largest absolute Gasteiger partial charge is 0.476 e. The molecule has 2 aromatic heterocycles. The molecule has 11 heteroatoms. The van der Waals surface area contributed by atoms with Gasteiger partial charge in [-0.05, 0) is 72.6 Å². The maximum atomic E-state index is 14.7. The maximum absolute atomic E-state index is 14.7. The lowest BCUT2D eigenvalue weighted by atomic mass is 9.94. The van der Waals surface area contributed by atoms with Crippen molar-refractivity contribution in [2.75, 3.05) is 0 Å². The molecular formula is C27H26F2N4O3S2. The quantitative estimate of drug-likeness (QED) is 0.278. The van der Waals surface area contributed by atoms with E-state index >= 15 is 0 Å². The van der Waals surface area contributed by atoms with E-state index in [-0.39, 0.29) is 22.3 Å². The van der Waals surface area contributed by atoms with Gasteiger partial charge in [0.15, 0.2) is 5.69 Å². The summed E-state index contributed by atoms with van der Waals surface area (Å²) in [6.45, 7) is 3.82. The van der Waals surface area contributed by atoms with Crippen LogP contribution < -0.4 is 5.14 Å². The van der Waals surface area contributed by atoms with Gasteiger partial charge < -0.3 is 5.11 Å². The van der Waals surface area contributed by atoms with Crippen molar-refractivity contribution in [1.82, 2.24) is 14.8 Å². The van der Waals surface area contributed by atoms with Crippen LogP contribution in [0.4, 0.5) is 8.78 Å². The summed E-state index contributed by atoms with van der Waals surface area (Å²) >= 11 is 1.18. The lowest BCUT2D eigenvalue weighted by Gasteiger charge is -2.11. The number of rotatable bonds is 9. The summed E-state index contributed by atoms with van der Waals surface area (Å²) in [6, 6.07) is 9.29. The van der Waals surface area contributed by atoms with Crippen molar-refractivity contribution >= 4 is 28.3 Å². The average Bonchev–Trinajstić information content (AvgIpc) is 3.42. The minimum absolute atomic E-state index is 0.0534. The molecule has 5 rings (SSSR count). The van der Waals surface area contributed by atoms with Crippen LogP contribution in [0.2, 0.25) is 0 Å². The molecule has 1 aliphatic carbocycles. The minimum atomic E-state index is -1.95. The van der Waals surface area contributed by atoms with Crippen LogP contribution in [0.15, 0.2) is 46.7 Å². The summed E-state index contributed by atoms with van der Waals surface area (Å²) in [6.07, 6.45) is 3.13. The Morgan fingerprint density at radius 3 is 2.58 bits per heavy atom. The highest BCUT2D eigenvalue weighted by molar-refractivity contribution is 7.82. The highest BCUT2D eigenvalue weighted by atomic mass is 32.2. The van der Waals surface area contributed by atoms with Crippen molar-refractivity contribution in [2.24, 2.45) is 11.1 Å². The molecule has 1 atom stereocenters. The number of thiazole rings is 1. The molecule has 4 aromatic rings. The van der Waals surface area contributed by atoms with Crippen molar-refractivity contribution in [3.05, 3.63) is 81.5 Å². The SMILES string of the molecule is CC(C)c1cc(-c2nn(-c3nc(C(=O)O)cs3)c(CC3CC3)c2Cc2ccc(S(N)=O)c(F)c2)ccc1F. The smallest absolute Gasteiger partial charge is 0.355 e. The van der Waals surface area contributed by atoms with E-state index in [1.807, 2.05) is 13.8 Å². The van der Waals surface area contributed by atoms with Gasteiger partial charge in [0.05, 0.1) is 16.3 Å². The third-order valence-corrected chi connectivity index (χ3v) is 8.23. The molecule has 1 fully saturated rings. The Morgan fingerprint density at radius 1 is 1.21 bits per heavy atom. The molecule has 38 heavy (non-hydrogen) atoms. The Hall–Kier alpha value is -3.28. The fraction of sp³-hybridized carbons (Fsp3) is 0.296. The van der Waals surface area contributed by atoms with E-state index in [0.29, 0.717) is 46.3 Å². The number of aromatic nitrogens is 3. The first-order valence-corrected chi connectivity index (χ1v) is 14.3. The number of hydrogen-bond acceptors (Lipinski definition) is 5. The number of nitrogens with zero attached hydrogens (tertiary/aromatic N) is 3. The average molecular weight is 557 g/mol. The molecule has 0 aliphatic heterocycles. The molecule has 3 N–H and O–H groups in total. The molecule has 0 spiro atoms.